The predicted octanol–water partition coefficient (Wildman–Crippen LogP) is 0.927. The van der Waals surface area contributed by atoms with E-state index in [1.165, 1.54) is 19.3 Å². The summed E-state index contributed by atoms with van der Waals surface area (Å²) in [6.45, 7) is 1.41. The zero-order valence-corrected chi connectivity index (χ0v) is 7.41. The highest BCUT2D eigenvalue weighted by molar-refractivity contribution is 4.82. The fraction of sp³-hybridized carbons (Fsp3) is 1.00. The third-order valence-corrected chi connectivity index (χ3v) is 2.83. The molecule has 3 nitrogen and oxygen atoms in total. The van der Waals surface area contributed by atoms with Crippen molar-refractivity contribution in [3.63, 3.8) is 0 Å². The Morgan fingerprint density at radius 3 is 3.17 bits per heavy atom. The highest BCUT2D eigenvalue weighted by Crippen LogP contribution is 2.31. The number of rotatable bonds is 3. The minimum Gasteiger partial charge on any atom is -0.396 e. The highest BCUT2D eigenvalue weighted by atomic mass is 16.7. The lowest BCUT2D eigenvalue weighted by atomic mass is 10.1. The van der Waals surface area contributed by atoms with Crippen LogP contribution in [-0.4, -0.2) is 35.5 Å². The number of nitrogens with zero attached hydrogens (tertiary/aromatic N) is 1. The van der Waals surface area contributed by atoms with Gasteiger partial charge < -0.3 is 5.11 Å². The lowest BCUT2D eigenvalue weighted by Gasteiger charge is -2.13. The van der Waals surface area contributed by atoms with Crippen LogP contribution in [0.1, 0.15) is 32.1 Å². The van der Waals surface area contributed by atoms with Crippen LogP contribution in [0.15, 0.2) is 0 Å². The second-order valence-electron chi connectivity index (χ2n) is 3.77. The fourth-order valence-corrected chi connectivity index (χ4v) is 2.21. The van der Waals surface area contributed by atoms with Crippen LogP contribution in [0.5, 0.6) is 0 Å². The Kier molecular flexibility index (Phi) is 2.63. The predicted molar refractivity (Wildman–Crippen MR) is 45.5 cm³/mol. The Labute approximate surface area is 73.3 Å². The van der Waals surface area contributed by atoms with Crippen LogP contribution in [0.3, 0.4) is 0 Å². The van der Waals surface area contributed by atoms with Crippen molar-refractivity contribution in [1.29, 1.82) is 0 Å². The molecule has 3 heteroatoms. The van der Waals surface area contributed by atoms with Gasteiger partial charge in [-0.2, -0.15) is 5.06 Å². The maximum atomic E-state index is 8.66. The summed E-state index contributed by atoms with van der Waals surface area (Å²) in [6.07, 6.45) is 6.06. The van der Waals surface area contributed by atoms with Crippen LogP contribution in [-0.2, 0) is 4.84 Å². The Bertz CT molecular complexity index is 139. The number of hydroxylamine groups is 2. The van der Waals surface area contributed by atoms with Crippen molar-refractivity contribution in [1.82, 2.24) is 5.06 Å². The molecule has 2 heterocycles. The van der Waals surface area contributed by atoms with E-state index in [0.717, 1.165) is 19.4 Å². The lowest BCUT2D eigenvalue weighted by molar-refractivity contribution is -0.149. The van der Waals surface area contributed by atoms with E-state index in [9.17, 15) is 0 Å². The SMILES string of the molecule is OCCCC1CC2CCCN2O1. The molecule has 2 saturated heterocycles. The first-order valence-corrected chi connectivity index (χ1v) is 4.94. The van der Waals surface area contributed by atoms with Gasteiger partial charge in [0, 0.05) is 19.2 Å². The van der Waals surface area contributed by atoms with Crippen LogP contribution in [0.2, 0.25) is 0 Å². The standard InChI is InChI=1S/C9H17NO2/c11-6-2-4-9-7-8-3-1-5-10(8)12-9/h8-9,11H,1-7H2. The average Bonchev–Trinajstić information content (AvgIpc) is 2.58. The molecule has 2 fully saturated rings. The number of hydrogen-bond donors (Lipinski definition) is 1. The van der Waals surface area contributed by atoms with Crippen molar-refractivity contribution in [2.45, 2.75) is 44.2 Å². The third-order valence-electron chi connectivity index (χ3n) is 2.83. The van der Waals surface area contributed by atoms with E-state index in [0.29, 0.717) is 18.8 Å². The molecule has 2 aliphatic rings. The van der Waals surface area contributed by atoms with E-state index < -0.39 is 0 Å². The molecule has 1 N–H and O–H groups in total. The van der Waals surface area contributed by atoms with E-state index >= 15 is 0 Å². The first kappa shape index (κ1) is 8.48. The number of aliphatic hydroxyl groups excluding tert-OH is 1. The number of fused-ring (bicyclic) bond motifs is 1. The van der Waals surface area contributed by atoms with Crippen molar-refractivity contribution >= 4 is 0 Å². The number of hydrogen-bond acceptors (Lipinski definition) is 3. The first-order valence-electron chi connectivity index (χ1n) is 4.94. The van der Waals surface area contributed by atoms with Crippen LogP contribution in [0, 0.1) is 0 Å². The molecule has 0 aromatic heterocycles. The Morgan fingerprint density at radius 1 is 1.50 bits per heavy atom. The molecule has 0 saturated carbocycles. The van der Waals surface area contributed by atoms with Gasteiger partial charge in [0.2, 0.25) is 0 Å². The second-order valence-corrected chi connectivity index (χ2v) is 3.77. The average molecular weight is 171 g/mol. The van der Waals surface area contributed by atoms with Gasteiger partial charge in [0.1, 0.15) is 0 Å². The summed E-state index contributed by atoms with van der Waals surface area (Å²) in [6, 6.07) is 0.689. The van der Waals surface area contributed by atoms with Crippen molar-refractivity contribution < 1.29 is 9.94 Å². The maximum absolute atomic E-state index is 8.66. The summed E-state index contributed by atoms with van der Waals surface area (Å²) in [5.74, 6) is 0. The van der Waals surface area contributed by atoms with Crippen molar-refractivity contribution in [3.8, 4) is 0 Å². The van der Waals surface area contributed by atoms with Crippen LogP contribution in [0.4, 0.5) is 0 Å². The second kappa shape index (κ2) is 3.73. The molecular weight excluding hydrogens is 154 g/mol. The molecule has 2 atom stereocenters. The molecule has 70 valence electrons. The molecule has 0 spiro atoms. The Hall–Kier alpha value is -0.120. The summed E-state index contributed by atoms with van der Waals surface area (Å²) in [5.41, 5.74) is 0. The number of aliphatic hydroxyl groups is 1. The molecular formula is C9H17NO2. The first-order chi connectivity index (χ1) is 5.90. The van der Waals surface area contributed by atoms with Gasteiger partial charge in [-0.25, -0.2) is 0 Å². The topological polar surface area (TPSA) is 32.7 Å². The normalized spacial score (nSPS) is 35.8. The molecule has 0 radical (unpaired) electrons. The quantitative estimate of drug-likeness (QED) is 0.685. The van der Waals surface area contributed by atoms with Gasteiger partial charge in [0.05, 0.1) is 6.10 Å². The van der Waals surface area contributed by atoms with E-state index in [1.54, 1.807) is 0 Å². The highest BCUT2D eigenvalue weighted by Gasteiger charge is 2.35. The van der Waals surface area contributed by atoms with Crippen molar-refractivity contribution in [3.05, 3.63) is 0 Å². The van der Waals surface area contributed by atoms with Gasteiger partial charge >= 0.3 is 0 Å². The lowest BCUT2D eigenvalue weighted by Crippen LogP contribution is -2.20. The molecule has 12 heavy (non-hydrogen) atoms. The summed E-state index contributed by atoms with van der Waals surface area (Å²) < 4.78 is 0. The van der Waals surface area contributed by atoms with E-state index in [4.69, 9.17) is 9.94 Å². The smallest absolute Gasteiger partial charge is 0.0810 e. The molecule has 2 unspecified atom stereocenters. The van der Waals surface area contributed by atoms with Crippen molar-refractivity contribution in [2.75, 3.05) is 13.2 Å². The fourth-order valence-electron chi connectivity index (χ4n) is 2.21. The maximum Gasteiger partial charge on any atom is 0.0810 e. The largest absolute Gasteiger partial charge is 0.396 e. The summed E-state index contributed by atoms with van der Waals surface area (Å²) >= 11 is 0. The zero-order chi connectivity index (χ0) is 8.39. The monoisotopic (exact) mass is 171 g/mol. The zero-order valence-electron chi connectivity index (χ0n) is 7.41. The minimum atomic E-state index is 0.296. The molecule has 0 bridgehead atoms. The third kappa shape index (κ3) is 1.63. The van der Waals surface area contributed by atoms with Gasteiger partial charge in [-0.3, -0.25) is 4.84 Å². The Balaban J connectivity index is 1.75. The van der Waals surface area contributed by atoms with Crippen molar-refractivity contribution in [2.24, 2.45) is 0 Å². The molecule has 2 aliphatic heterocycles. The van der Waals surface area contributed by atoms with E-state index in [2.05, 4.69) is 5.06 Å². The van der Waals surface area contributed by atoms with Crippen LogP contribution >= 0.6 is 0 Å². The summed E-state index contributed by atoms with van der Waals surface area (Å²) in [7, 11) is 0. The van der Waals surface area contributed by atoms with Gasteiger partial charge in [-0.1, -0.05) is 0 Å². The Morgan fingerprint density at radius 2 is 2.42 bits per heavy atom. The molecule has 2 rings (SSSR count). The van der Waals surface area contributed by atoms with E-state index in [1.807, 2.05) is 0 Å². The molecule has 0 aliphatic carbocycles. The van der Waals surface area contributed by atoms with E-state index in [-0.39, 0.29) is 0 Å². The van der Waals surface area contributed by atoms with Crippen LogP contribution in [0.25, 0.3) is 0 Å². The summed E-state index contributed by atoms with van der Waals surface area (Å²) in [5, 5.41) is 10.8. The minimum absolute atomic E-state index is 0.296. The van der Waals surface area contributed by atoms with Gasteiger partial charge in [-0.05, 0) is 32.1 Å². The van der Waals surface area contributed by atoms with Gasteiger partial charge in [-0.15, -0.1) is 0 Å². The summed E-state index contributed by atoms with van der Waals surface area (Å²) in [4.78, 5) is 5.71. The van der Waals surface area contributed by atoms with Crippen LogP contribution < -0.4 is 0 Å². The molecule has 0 aromatic carbocycles. The van der Waals surface area contributed by atoms with Gasteiger partial charge in [0.15, 0.2) is 0 Å². The molecule has 0 amide bonds. The van der Waals surface area contributed by atoms with Gasteiger partial charge in [0.25, 0.3) is 0 Å². The molecule has 0 aromatic rings.